The van der Waals surface area contributed by atoms with Crippen LogP contribution in [0.25, 0.3) is 5.69 Å². The molecule has 0 saturated carbocycles. The summed E-state index contributed by atoms with van der Waals surface area (Å²) in [5.74, 6) is -0.120. The number of aromatic nitrogens is 2. The van der Waals surface area contributed by atoms with E-state index in [1.54, 1.807) is 6.20 Å². The van der Waals surface area contributed by atoms with Crippen LogP contribution >= 0.6 is 12.2 Å². The normalized spacial score (nSPS) is 17.1. The molecule has 37 heavy (non-hydrogen) atoms. The van der Waals surface area contributed by atoms with E-state index in [0.29, 0.717) is 5.11 Å². The Hall–Kier alpha value is -3.97. The Bertz CT molecular complexity index is 1450. The van der Waals surface area contributed by atoms with Crippen LogP contribution in [0.1, 0.15) is 45.9 Å². The van der Waals surface area contributed by atoms with Crippen molar-refractivity contribution in [3.8, 4) is 5.69 Å². The summed E-state index contributed by atoms with van der Waals surface area (Å²) in [4.78, 5) is 19.8. The summed E-state index contributed by atoms with van der Waals surface area (Å²) < 4.78 is 2.30. The molecule has 0 bridgehead atoms. The lowest BCUT2D eigenvalue weighted by Gasteiger charge is -2.27. The molecule has 1 aliphatic rings. The average molecular weight is 510 g/mol. The Morgan fingerprint density at radius 3 is 2.49 bits per heavy atom. The summed E-state index contributed by atoms with van der Waals surface area (Å²) in [6, 6.07) is 23.7. The van der Waals surface area contributed by atoms with Crippen molar-refractivity contribution < 1.29 is 4.79 Å². The van der Waals surface area contributed by atoms with Crippen LogP contribution in [0.4, 0.5) is 5.69 Å². The van der Waals surface area contributed by atoms with E-state index in [1.165, 1.54) is 11.1 Å². The fourth-order valence-electron chi connectivity index (χ4n) is 5.21. The Kier molecular flexibility index (Phi) is 6.80. The van der Waals surface area contributed by atoms with E-state index in [2.05, 4.69) is 72.1 Å². The van der Waals surface area contributed by atoms with Crippen molar-refractivity contribution in [3.05, 3.63) is 113 Å². The highest BCUT2D eigenvalue weighted by Gasteiger charge is 2.42. The molecule has 0 spiro atoms. The van der Waals surface area contributed by atoms with Gasteiger partial charge < -0.3 is 20.1 Å². The van der Waals surface area contributed by atoms with E-state index in [1.807, 2.05) is 53.4 Å². The Labute approximate surface area is 223 Å². The second-order valence-corrected chi connectivity index (χ2v) is 10.0. The monoisotopic (exact) mass is 509 g/mol. The number of anilines is 1. The third-order valence-electron chi connectivity index (χ3n) is 6.96. The van der Waals surface area contributed by atoms with Gasteiger partial charge in [0.15, 0.2) is 5.11 Å². The fraction of sp³-hybridized carbons (Fsp3) is 0.233. The Morgan fingerprint density at radius 2 is 1.76 bits per heavy atom. The summed E-state index contributed by atoms with van der Waals surface area (Å²) in [5, 5.41) is 7.00. The molecule has 5 rings (SSSR count). The van der Waals surface area contributed by atoms with Crippen LogP contribution in [-0.2, 0) is 4.79 Å². The van der Waals surface area contributed by atoms with Crippen LogP contribution in [0.3, 0.4) is 0 Å². The van der Waals surface area contributed by atoms with Crippen LogP contribution in [0.15, 0.2) is 79.0 Å². The highest BCUT2D eigenvalue weighted by atomic mass is 32.1. The molecule has 7 heteroatoms. The van der Waals surface area contributed by atoms with Crippen molar-refractivity contribution >= 4 is 28.9 Å². The van der Waals surface area contributed by atoms with Crippen LogP contribution < -0.4 is 10.6 Å². The van der Waals surface area contributed by atoms with Crippen molar-refractivity contribution in [2.75, 3.05) is 11.9 Å². The first kappa shape index (κ1) is 24.7. The molecule has 2 atom stereocenters. The average Bonchev–Trinajstić information content (AvgIpc) is 3.36. The minimum Gasteiger partial charge on any atom is -0.352 e. The third-order valence-corrected chi connectivity index (χ3v) is 7.32. The van der Waals surface area contributed by atoms with Crippen LogP contribution in [0.5, 0.6) is 0 Å². The number of hydrogen-bond acceptors (Lipinski definition) is 3. The molecule has 1 aliphatic heterocycles. The van der Waals surface area contributed by atoms with Gasteiger partial charge in [-0.15, -0.1) is 0 Å². The van der Waals surface area contributed by atoms with Gasteiger partial charge in [0, 0.05) is 29.0 Å². The molecule has 4 aromatic rings. The maximum atomic E-state index is 13.1. The second-order valence-electron chi connectivity index (χ2n) is 9.62. The van der Waals surface area contributed by atoms with E-state index in [-0.39, 0.29) is 24.5 Å². The van der Waals surface area contributed by atoms with Gasteiger partial charge in [0.1, 0.15) is 6.54 Å². The molecule has 6 nitrogen and oxygen atoms in total. The van der Waals surface area contributed by atoms with Crippen molar-refractivity contribution in [1.82, 2.24) is 19.8 Å². The molecule has 2 aromatic heterocycles. The van der Waals surface area contributed by atoms with E-state index >= 15 is 0 Å². The standard InChI is InChI=1S/C30H31N5OS/c1-19-13-14-20(2)26(16-19)35-21(3)17-24(22(35)4)29-28(25-12-8-9-15-31-25)33-30(37)34(29)18-27(36)32-23-10-6-5-7-11-23/h5-17,28-29H,18H2,1-4H3,(H,32,36)(H,33,37). The largest absolute Gasteiger partial charge is 0.352 e. The number of nitrogens with one attached hydrogen (secondary N) is 2. The number of rotatable bonds is 6. The summed E-state index contributed by atoms with van der Waals surface area (Å²) in [5.41, 5.74) is 8.60. The predicted molar refractivity (Wildman–Crippen MR) is 152 cm³/mol. The lowest BCUT2D eigenvalue weighted by molar-refractivity contribution is -0.116. The maximum Gasteiger partial charge on any atom is 0.244 e. The van der Waals surface area contributed by atoms with E-state index < -0.39 is 0 Å². The highest BCUT2D eigenvalue weighted by molar-refractivity contribution is 7.80. The molecular formula is C30H31N5OS. The van der Waals surface area contributed by atoms with Crippen molar-refractivity contribution in [2.45, 2.75) is 39.8 Å². The number of amides is 1. The second kappa shape index (κ2) is 10.2. The van der Waals surface area contributed by atoms with E-state index in [0.717, 1.165) is 34.0 Å². The number of pyridine rings is 1. The van der Waals surface area contributed by atoms with E-state index in [9.17, 15) is 4.79 Å². The lowest BCUT2D eigenvalue weighted by Crippen LogP contribution is -2.37. The minimum absolute atomic E-state index is 0.120. The number of carbonyl (C=O) groups is 1. The number of hydrogen-bond donors (Lipinski definition) is 2. The van der Waals surface area contributed by atoms with Crippen molar-refractivity contribution in [1.29, 1.82) is 0 Å². The number of benzene rings is 2. The van der Waals surface area contributed by atoms with Crippen LogP contribution in [0.2, 0.25) is 0 Å². The number of nitrogens with zero attached hydrogens (tertiary/aromatic N) is 3. The van der Waals surface area contributed by atoms with Gasteiger partial charge in [-0.05, 0) is 93.0 Å². The smallest absolute Gasteiger partial charge is 0.244 e. The third kappa shape index (κ3) is 4.87. The van der Waals surface area contributed by atoms with Gasteiger partial charge in [0.05, 0.1) is 17.8 Å². The molecule has 1 amide bonds. The van der Waals surface area contributed by atoms with Crippen LogP contribution in [0, 0.1) is 27.7 Å². The molecule has 2 unspecified atom stereocenters. The SMILES string of the molecule is Cc1ccc(C)c(-n2c(C)cc(C3C(c4ccccn4)NC(=S)N3CC(=O)Nc3ccccc3)c2C)c1. The predicted octanol–water partition coefficient (Wildman–Crippen LogP) is 5.72. The Morgan fingerprint density at radius 1 is 1.00 bits per heavy atom. The zero-order valence-corrected chi connectivity index (χ0v) is 22.3. The molecular weight excluding hydrogens is 478 g/mol. The number of thiocarbonyl (C=S) groups is 1. The van der Waals surface area contributed by atoms with Gasteiger partial charge in [0.25, 0.3) is 0 Å². The molecule has 0 radical (unpaired) electrons. The molecule has 2 aromatic carbocycles. The van der Waals surface area contributed by atoms with Gasteiger partial charge in [-0.25, -0.2) is 0 Å². The summed E-state index contributed by atoms with van der Waals surface area (Å²) in [6.07, 6.45) is 1.79. The molecule has 0 aliphatic carbocycles. The fourth-order valence-corrected chi connectivity index (χ4v) is 5.51. The molecule has 188 valence electrons. The van der Waals surface area contributed by atoms with Gasteiger partial charge in [-0.3, -0.25) is 9.78 Å². The number of para-hydroxylation sites is 1. The maximum absolute atomic E-state index is 13.1. The molecule has 2 N–H and O–H groups in total. The molecule has 1 saturated heterocycles. The quantitative estimate of drug-likeness (QED) is 0.326. The zero-order chi connectivity index (χ0) is 26.1. The number of carbonyl (C=O) groups excluding carboxylic acids is 1. The Balaban J connectivity index is 1.56. The van der Waals surface area contributed by atoms with Gasteiger partial charge in [0.2, 0.25) is 5.91 Å². The molecule has 1 fully saturated rings. The van der Waals surface area contributed by atoms with Crippen LogP contribution in [-0.4, -0.2) is 32.0 Å². The summed E-state index contributed by atoms with van der Waals surface area (Å²) in [6.45, 7) is 8.64. The lowest BCUT2D eigenvalue weighted by atomic mass is 9.96. The van der Waals surface area contributed by atoms with Crippen molar-refractivity contribution in [2.24, 2.45) is 0 Å². The summed E-state index contributed by atoms with van der Waals surface area (Å²) in [7, 11) is 0. The molecule has 3 heterocycles. The minimum atomic E-state index is -0.200. The van der Waals surface area contributed by atoms with Gasteiger partial charge in [-0.1, -0.05) is 36.4 Å². The van der Waals surface area contributed by atoms with E-state index in [4.69, 9.17) is 12.2 Å². The highest BCUT2D eigenvalue weighted by Crippen LogP contribution is 2.41. The van der Waals surface area contributed by atoms with Gasteiger partial charge in [-0.2, -0.15) is 0 Å². The number of aryl methyl sites for hydroxylation is 3. The first-order valence-corrected chi connectivity index (χ1v) is 12.8. The topological polar surface area (TPSA) is 62.2 Å². The van der Waals surface area contributed by atoms with Crippen molar-refractivity contribution in [3.63, 3.8) is 0 Å². The van der Waals surface area contributed by atoms with Gasteiger partial charge >= 0.3 is 0 Å². The first-order chi connectivity index (χ1) is 17.8. The zero-order valence-electron chi connectivity index (χ0n) is 21.5. The first-order valence-electron chi connectivity index (χ1n) is 12.4. The summed E-state index contributed by atoms with van der Waals surface area (Å²) >= 11 is 5.79.